The minimum absolute atomic E-state index is 0.0700. The summed E-state index contributed by atoms with van der Waals surface area (Å²) in [4.78, 5) is 2.36. The molecule has 5 heteroatoms. The zero-order valence-corrected chi connectivity index (χ0v) is 20.0. The van der Waals surface area contributed by atoms with Crippen molar-refractivity contribution in [3.8, 4) is 17.2 Å². The van der Waals surface area contributed by atoms with Gasteiger partial charge in [-0.2, -0.15) is 0 Å². The third kappa shape index (κ3) is 5.34. The predicted octanol–water partition coefficient (Wildman–Crippen LogP) is 4.67. The topological polar surface area (TPSA) is 43.0 Å². The fraction of sp³-hybridized carbons (Fsp3) is 0.538. The number of hydrogen-bond acceptors (Lipinski definition) is 5. The second-order valence-corrected chi connectivity index (χ2v) is 8.12. The molecule has 0 amide bonds. The van der Waals surface area contributed by atoms with E-state index in [2.05, 4.69) is 62.2 Å². The van der Waals surface area contributed by atoms with Crippen LogP contribution in [0.3, 0.4) is 0 Å². The van der Waals surface area contributed by atoms with Crippen LogP contribution in [0.2, 0.25) is 0 Å². The van der Waals surface area contributed by atoms with E-state index in [1.54, 1.807) is 7.11 Å². The van der Waals surface area contributed by atoms with E-state index in [1.807, 2.05) is 6.92 Å². The molecule has 3 rings (SSSR count). The van der Waals surface area contributed by atoms with Gasteiger partial charge in [0.05, 0.1) is 19.8 Å². The molecule has 5 nitrogen and oxygen atoms in total. The van der Waals surface area contributed by atoms with Crippen molar-refractivity contribution in [3.63, 3.8) is 0 Å². The molecule has 0 saturated carbocycles. The highest BCUT2D eigenvalue weighted by molar-refractivity contribution is 5.54. The molecular weight excluding hydrogens is 388 g/mol. The van der Waals surface area contributed by atoms with Gasteiger partial charge < -0.3 is 24.4 Å². The Morgan fingerprint density at radius 2 is 1.65 bits per heavy atom. The fourth-order valence-electron chi connectivity index (χ4n) is 4.26. The predicted molar refractivity (Wildman–Crippen MR) is 127 cm³/mol. The summed E-state index contributed by atoms with van der Waals surface area (Å²) in [6, 6.07) is 8.81. The number of hydrogen-bond donors (Lipinski definition) is 1. The second kappa shape index (κ2) is 10.9. The molecule has 170 valence electrons. The average Bonchev–Trinajstić information content (AvgIpc) is 2.78. The first kappa shape index (κ1) is 23.4. The van der Waals surface area contributed by atoms with Gasteiger partial charge in [0.15, 0.2) is 11.5 Å². The summed E-state index contributed by atoms with van der Waals surface area (Å²) in [5.41, 5.74) is 6.26. The van der Waals surface area contributed by atoms with Crippen molar-refractivity contribution in [3.05, 3.63) is 52.1 Å². The molecular formula is C26H38N2O3. The zero-order valence-electron chi connectivity index (χ0n) is 20.0. The molecule has 0 bridgehead atoms. The van der Waals surface area contributed by atoms with Crippen LogP contribution < -0.4 is 19.5 Å². The summed E-state index contributed by atoms with van der Waals surface area (Å²) in [6.45, 7) is 15.9. The van der Waals surface area contributed by atoms with Crippen molar-refractivity contribution in [2.45, 2.75) is 47.1 Å². The molecule has 1 atom stereocenters. The van der Waals surface area contributed by atoms with E-state index in [1.165, 1.54) is 27.8 Å². The normalized spacial score (nSPS) is 15.6. The van der Waals surface area contributed by atoms with E-state index in [-0.39, 0.29) is 6.04 Å². The lowest BCUT2D eigenvalue weighted by Gasteiger charge is -2.30. The Hall–Kier alpha value is -2.24. The van der Waals surface area contributed by atoms with Gasteiger partial charge >= 0.3 is 0 Å². The minimum Gasteiger partial charge on any atom is -0.494 e. The highest BCUT2D eigenvalue weighted by Crippen LogP contribution is 2.40. The van der Waals surface area contributed by atoms with Crippen LogP contribution in [0.1, 0.15) is 54.6 Å². The first-order chi connectivity index (χ1) is 15.0. The summed E-state index contributed by atoms with van der Waals surface area (Å²) < 4.78 is 17.9. The number of nitrogens with zero attached hydrogens (tertiary/aromatic N) is 1. The number of rotatable bonds is 10. The van der Waals surface area contributed by atoms with Crippen molar-refractivity contribution < 1.29 is 14.2 Å². The first-order valence-corrected chi connectivity index (χ1v) is 11.6. The smallest absolute Gasteiger partial charge is 0.161 e. The molecule has 1 heterocycles. The quantitative estimate of drug-likeness (QED) is 0.598. The summed E-state index contributed by atoms with van der Waals surface area (Å²) in [6.07, 6.45) is 0.969. The molecule has 1 aliphatic rings. The molecule has 0 spiro atoms. The van der Waals surface area contributed by atoms with Gasteiger partial charge in [0.1, 0.15) is 12.4 Å². The first-order valence-electron chi connectivity index (χ1n) is 11.6. The van der Waals surface area contributed by atoms with Crippen LogP contribution in [0.4, 0.5) is 0 Å². The van der Waals surface area contributed by atoms with Gasteiger partial charge in [0.25, 0.3) is 0 Å². The van der Waals surface area contributed by atoms with Crippen molar-refractivity contribution in [2.24, 2.45) is 0 Å². The third-order valence-electron chi connectivity index (χ3n) is 6.28. The Balaban J connectivity index is 1.96. The van der Waals surface area contributed by atoms with E-state index in [4.69, 9.17) is 14.2 Å². The molecule has 31 heavy (non-hydrogen) atoms. The molecule has 1 unspecified atom stereocenters. The van der Waals surface area contributed by atoms with Gasteiger partial charge in [-0.15, -0.1) is 0 Å². The summed E-state index contributed by atoms with van der Waals surface area (Å²) in [7, 11) is 1.72. The van der Waals surface area contributed by atoms with Crippen LogP contribution in [-0.2, 0) is 6.42 Å². The lowest BCUT2D eigenvalue weighted by Crippen LogP contribution is -2.31. The number of methoxy groups -OCH3 is 1. The second-order valence-electron chi connectivity index (χ2n) is 8.12. The lowest BCUT2D eigenvalue weighted by atomic mass is 9.87. The standard InChI is InChI=1S/C26H38N2O3/c1-7-28(8-2)12-13-31-25-17-21-20(16-24(25)29-6)10-11-27-26(21)22-14-18(4)19(5)15-23(22)30-9-3/h14-17,26-27H,7-13H2,1-6H3. The van der Waals surface area contributed by atoms with Crippen molar-refractivity contribution in [1.82, 2.24) is 10.2 Å². The van der Waals surface area contributed by atoms with Crippen molar-refractivity contribution >= 4 is 0 Å². The van der Waals surface area contributed by atoms with Gasteiger partial charge in [-0.3, -0.25) is 0 Å². The number of aryl methyl sites for hydroxylation is 2. The van der Waals surface area contributed by atoms with Gasteiger partial charge in [0.2, 0.25) is 0 Å². The Labute approximate surface area is 187 Å². The van der Waals surface area contributed by atoms with Gasteiger partial charge in [-0.1, -0.05) is 19.9 Å². The summed E-state index contributed by atoms with van der Waals surface area (Å²) >= 11 is 0. The van der Waals surface area contributed by atoms with E-state index >= 15 is 0 Å². The number of benzene rings is 2. The van der Waals surface area contributed by atoms with Crippen LogP contribution in [0.5, 0.6) is 17.2 Å². The molecule has 1 N–H and O–H groups in total. The number of ether oxygens (including phenoxy) is 3. The molecule has 0 aliphatic carbocycles. The third-order valence-corrected chi connectivity index (χ3v) is 6.28. The minimum atomic E-state index is 0.0700. The van der Waals surface area contributed by atoms with Crippen LogP contribution in [-0.4, -0.2) is 51.4 Å². The average molecular weight is 427 g/mol. The fourth-order valence-corrected chi connectivity index (χ4v) is 4.26. The van der Waals surface area contributed by atoms with E-state index in [0.29, 0.717) is 13.2 Å². The number of fused-ring (bicyclic) bond motifs is 1. The van der Waals surface area contributed by atoms with Gasteiger partial charge in [-0.25, -0.2) is 0 Å². The molecule has 0 fully saturated rings. The molecule has 0 radical (unpaired) electrons. The highest BCUT2D eigenvalue weighted by atomic mass is 16.5. The van der Waals surface area contributed by atoms with Crippen LogP contribution in [0.25, 0.3) is 0 Å². The monoisotopic (exact) mass is 426 g/mol. The lowest BCUT2D eigenvalue weighted by molar-refractivity contribution is 0.217. The Morgan fingerprint density at radius 1 is 0.903 bits per heavy atom. The van der Waals surface area contributed by atoms with Crippen LogP contribution in [0, 0.1) is 13.8 Å². The zero-order chi connectivity index (χ0) is 22.4. The Morgan fingerprint density at radius 3 is 2.32 bits per heavy atom. The van der Waals surface area contributed by atoms with Crippen molar-refractivity contribution in [2.75, 3.05) is 46.5 Å². The van der Waals surface area contributed by atoms with E-state index < -0.39 is 0 Å². The maximum atomic E-state index is 6.21. The highest BCUT2D eigenvalue weighted by Gasteiger charge is 2.27. The molecule has 2 aromatic carbocycles. The molecule has 1 aliphatic heterocycles. The number of likely N-dealkylation sites (N-methyl/N-ethyl adjacent to an activating group) is 1. The maximum Gasteiger partial charge on any atom is 0.161 e. The van der Waals surface area contributed by atoms with E-state index in [9.17, 15) is 0 Å². The van der Waals surface area contributed by atoms with Crippen LogP contribution >= 0.6 is 0 Å². The maximum absolute atomic E-state index is 6.21. The molecule has 2 aromatic rings. The van der Waals surface area contributed by atoms with Gasteiger partial charge in [-0.05, 0) is 80.7 Å². The number of nitrogens with one attached hydrogen (secondary N) is 1. The summed E-state index contributed by atoms with van der Waals surface area (Å²) in [5, 5.41) is 3.71. The van der Waals surface area contributed by atoms with Crippen molar-refractivity contribution in [1.29, 1.82) is 0 Å². The summed E-state index contributed by atoms with van der Waals surface area (Å²) in [5.74, 6) is 2.57. The largest absolute Gasteiger partial charge is 0.494 e. The Kier molecular flexibility index (Phi) is 8.22. The van der Waals surface area contributed by atoms with E-state index in [0.717, 1.165) is 49.8 Å². The molecule has 0 saturated heterocycles. The van der Waals surface area contributed by atoms with Gasteiger partial charge in [0, 0.05) is 18.7 Å². The Bertz CT molecular complexity index is 877. The molecule has 0 aromatic heterocycles. The SMILES string of the molecule is CCOc1cc(C)c(C)cc1C1NCCc2cc(OC)c(OCCN(CC)CC)cc21. The van der Waals surface area contributed by atoms with Crippen LogP contribution in [0.15, 0.2) is 24.3 Å².